The summed E-state index contributed by atoms with van der Waals surface area (Å²) < 4.78 is 0.574. The highest BCUT2D eigenvalue weighted by atomic mass is 35.5. The highest BCUT2D eigenvalue weighted by molar-refractivity contribution is 7.17. The average Bonchev–Trinajstić information content (AvgIpc) is 2.59. The summed E-state index contributed by atoms with van der Waals surface area (Å²) >= 11 is 6.87. The second-order valence-electron chi connectivity index (χ2n) is 2.31. The van der Waals surface area contributed by atoms with Gasteiger partial charge in [-0.15, -0.1) is 11.3 Å². The summed E-state index contributed by atoms with van der Waals surface area (Å²) in [5.41, 5.74) is 7.98. The molecule has 1 heterocycles. The number of nitrogens with zero attached hydrogens (tertiary/aromatic N) is 3. The van der Waals surface area contributed by atoms with Crippen LogP contribution in [0.15, 0.2) is 17.2 Å². The normalized spacial score (nSPS) is 9.21. The standard InChI is InChI=1S/C7H7ClN4OS/c8-6-2-1-5(14-6)7(13)10-3-4-11-12-9/h1-2H,3-4H2,(H,10,13). The minimum Gasteiger partial charge on any atom is -0.351 e. The summed E-state index contributed by atoms with van der Waals surface area (Å²) in [6.07, 6.45) is 0. The van der Waals surface area contributed by atoms with E-state index in [0.717, 1.165) is 0 Å². The van der Waals surface area contributed by atoms with Gasteiger partial charge >= 0.3 is 0 Å². The molecule has 1 rings (SSSR count). The smallest absolute Gasteiger partial charge is 0.261 e. The van der Waals surface area contributed by atoms with E-state index in [1.165, 1.54) is 11.3 Å². The quantitative estimate of drug-likeness (QED) is 0.367. The number of halogens is 1. The van der Waals surface area contributed by atoms with Crippen LogP contribution in [-0.2, 0) is 0 Å². The van der Waals surface area contributed by atoms with Crippen LogP contribution < -0.4 is 5.32 Å². The molecule has 14 heavy (non-hydrogen) atoms. The zero-order chi connectivity index (χ0) is 10.4. The van der Waals surface area contributed by atoms with Crippen molar-refractivity contribution in [3.8, 4) is 0 Å². The first-order valence-corrected chi connectivity index (χ1v) is 4.98. The zero-order valence-electron chi connectivity index (χ0n) is 7.11. The number of nitrogens with one attached hydrogen (secondary N) is 1. The van der Waals surface area contributed by atoms with Crippen molar-refractivity contribution in [3.63, 3.8) is 0 Å². The number of hydrogen-bond donors (Lipinski definition) is 1. The molecule has 0 unspecified atom stereocenters. The van der Waals surface area contributed by atoms with Crippen LogP contribution in [0.1, 0.15) is 9.67 Å². The van der Waals surface area contributed by atoms with Gasteiger partial charge in [0.05, 0.1) is 9.21 Å². The van der Waals surface area contributed by atoms with Gasteiger partial charge in [-0.2, -0.15) is 0 Å². The summed E-state index contributed by atoms with van der Waals surface area (Å²) in [7, 11) is 0. The van der Waals surface area contributed by atoms with Crippen LogP contribution in [-0.4, -0.2) is 19.0 Å². The number of thiophene rings is 1. The second-order valence-corrected chi connectivity index (χ2v) is 4.03. The number of hydrogen-bond acceptors (Lipinski definition) is 3. The molecule has 7 heteroatoms. The van der Waals surface area contributed by atoms with Crippen molar-refractivity contribution in [2.45, 2.75) is 0 Å². The first-order chi connectivity index (χ1) is 6.74. The Balaban J connectivity index is 2.39. The van der Waals surface area contributed by atoms with Crippen LogP contribution in [0.3, 0.4) is 0 Å². The molecule has 0 bridgehead atoms. The number of carbonyl (C=O) groups is 1. The lowest BCUT2D eigenvalue weighted by atomic mass is 10.4. The molecule has 0 fully saturated rings. The van der Waals surface area contributed by atoms with E-state index in [-0.39, 0.29) is 12.5 Å². The van der Waals surface area contributed by atoms with Gasteiger partial charge in [-0.1, -0.05) is 16.7 Å². The number of amides is 1. The summed E-state index contributed by atoms with van der Waals surface area (Å²) in [6, 6.07) is 3.31. The first kappa shape index (κ1) is 10.8. The number of azide groups is 1. The van der Waals surface area contributed by atoms with E-state index in [9.17, 15) is 4.79 Å². The topological polar surface area (TPSA) is 77.9 Å². The van der Waals surface area contributed by atoms with Gasteiger partial charge in [0.1, 0.15) is 0 Å². The minimum atomic E-state index is -0.199. The molecule has 1 aromatic rings. The maximum absolute atomic E-state index is 11.3. The molecule has 0 aromatic carbocycles. The van der Waals surface area contributed by atoms with Gasteiger partial charge in [0.15, 0.2) is 0 Å². The van der Waals surface area contributed by atoms with Crippen LogP contribution in [0, 0.1) is 0 Å². The zero-order valence-corrected chi connectivity index (χ0v) is 8.68. The molecule has 0 saturated carbocycles. The van der Waals surface area contributed by atoms with Crippen LogP contribution in [0.25, 0.3) is 10.4 Å². The molecule has 1 aromatic heterocycles. The molecule has 0 aliphatic rings. The lowest BCUT2D eigenvalue weighted by Crippen LogP contribution is -2.24. The molecule has 0 radical (unpaired) electrons. The Kier molecular flexibility index (Phi) is 4.25. The summed E-state index contributed by atoms with van der Waals surface area (Å²) in [5, 5.41) is 5.88. The van der Waals surface area contributed by atoms with Crippen molar-refractivity contribution < 1.29 is 4.79 Å². The van der Waals surface area contributed by atoms with Crippen molar-refractivity contribution in [2.24, 2.45) is 5.11 Å². The van der Waals surface area contributed by atoms with E-state index < -0.39 is 0 Å². The molecule has 0 atom stereocenters. The first-order valence-electron chi connectivity index (χ1n) is 3.78. The summed E-state index contributed by atoms with van der Waals surface area (Å²) in [4.78, 5) is 14.4. The van der Waals surface area contributed by atoms with E-state index in [0.29, 0.717) is 15.8 Å². The average molecular weight is 231 g/mol. The second kappa shape index (κ2) is 5.49. The van der Waals surface area contributed by atoms with E-state index in [1.54, 1.807) is 12.1 Å². The van der Waals surface area contributed by atoms with E-state index >= 15 is 0 Å². The Morgan fingerprint density at radius 2 is 2.50 bits per heavy atom. The fourth-order valence-corrected chi connectivity index (χ4v) is 1.75. The maximum atomic E-state index is 11.3. The SMILES string of the molecule is [N-]=[N+]=NCCNC(=O)c1ccc(Cl)s1. The van der Waals surface area contributed by atoms with Gasteiger partial charge in [0.25, 0.3) is 5.91 Å². The Bertz CT molecular complexity index is 372. The monoisotopic (exact) mass is 230 g/mol. The van der Waals surface area contributed by atoms with E-state index in [2.05, 4.69) is 15.3 Å². The predicted molar refractivity (Wildman–Crippen MR) is 55.7 cm³/mol. The van der Waals surface area contributed by atoms with E-state index in [4.69, 9.17) is 17.1 Å². The third kappa shape index (κ3) is 3.26. The Morgan fingerprint density at radius 3 is 3.07 bits per heavy atom. The summed E-state index contributed by atoms with van der Waals surface area (Å²) in [6.45, 7) is 0.583. The highest BCUT2D eigenvalue weighted by Crippen LogP contribution is 2.20. The molecule has 1 N–H and O–H groups in total. The van der Waals surface area contributed by atoms with Gasteiger partial charge in [-0.25, -0.2) is 0 Å². The predicted octanol–water partition coefficient (Wildman–Crippen LogP) is 2.44. The fraction of sp³-hybridized carbons (Fsp3) is 0.286. The van der Waals surface area contributed by atoms with Gasteiger partial charge in [-0.3, -0.25) is 4.79 Å². The molecule has 5 nitrogen and oxygen atoms in total. The van der Waals surface area contributed by atoms with Gasteiger partial charge < -0.3 is 5.32 Å². The van der Waals surface area contributed by atoms with Crippen LogP contribution in [0.4, 0.5) is 0 Å². The Labute approximate surface area is 89.3 Å². The molecule has 0 spiro atoms. The third-order valence-electron chi connectivity index (χ3n) is 1.36. The van der Waals surface area contributed by atoms with Crippen molar-refractivity contribution >= 4 is 28.8 Å². The molecule has 0 saturated heterocycles. The van der Waals surface area contributed by atoms with Crippen molar-refractivity contribution in [1.29, 1.82) is 0 Å². The summed E-state index contributed by atoms with van der Waals surface area (Å²) in [5.74, 6) is -0.199. The molecule has 1 amide bonds. The van der Waals surface area contributed by atoms with Crippen LogP contribution in [0.2, 0.25) is 4.34 Å². The van der Waals surface area contributed by atoms with Crippen molar-refractivity contribution in [2.75, 3.05) is 13.1 Å². The van der Waals surface area contributed by atoms with Gasteiger partial charge in [0, 0.05) is 18.0 Å². The number of rotatable bonds is 4. The van der Waals surface area contributed by atoms with Gasteiger partial charge in [-0.05, 0) is 17.7 Å². The third-order valence-corrected chi connectivity index (χ3v) is 2.59. The molecular formula is C7H7ClN4OS. The fourth-order valence-electron chi connectivity index (χ4n) is 0.788. The Morgan fingerprint density at radius 1 is 1.71 bits per heavy atom. The van der Waals surface area contributed by atoms with Crippen LogP contribution in [0.5, 0.6) is 0 Å². The lowest BCUT2D eigenvalue weighted by molar-refractivity contribution is 0.0959. The number of carbonyl (C=O) groups excluding carboxylic acids is 1. The van der Waals surface area contributed by atoms with Crippen molar-refractivity contribution in [3.05, 3.63) is 31.8 Å². The highest BCUT2D eigenvalue weighted by Gasteiger charge is 2.06. The van der Waals surface area contributed by atoms with Crippen LogP contribution >= 0.6 is 22.9 Å². The molecule has 0 aliphatic carbocycles. The van der Waals surface area contributed by atoms with Crippen molar-refractivity contribution in [1.82, 2.24) is 5.32 Å². The maximum Gasteiger partial charge on any atom is 0.261 e. The molecule has 0 aliphatic heterocycles. The van der Waals surface area contributed by atoms with E-state index in [1.807, 2.05) is 0 Å². The molecular weight excluding hydrogens is 224 g/mol. The minimum absolute atomic E-state index is 0.199. The Hall–Kier alpha value is -1.23. The molecule has 74 valence electrons. The van der Waals surface area contributed by atoms with Gasteiger partial charge in [0.2, 0.25) is 0 Å². The lowest BCUT2D eigenvalue weighted by Gasteiger charge is -1.98. The largest absolute Gasteiger partial charge is 0.351 e.